The summed E-state index contributed by atoms with van der Waals surface area (Å²) in [6.07, 6.45) is 0.292. The van der Waals surface area contributed by atoms with E-state index >= 15 is 0 Å². The van der Waals surface area contributed by atoms with E-state index in [9.17, 15) is 4.79 Å². The molecular formula is C11H17ClN4O2S2. The van der Waals surface area contributed by atoms with Crippen LogP contribution in [0.1, 0.15) is 6.42 Å². The number of alkyl halides is 1. The zero-order valence-corrected chi connectivity index (χ0v) is 13.4. The van der Waals surface area contributed by atoms with Crippen LogP contribution in [-0.4, -0.2) is 65.5 Å². The average Bonchev–Trinajstić information content (AvgIpc) is 2.88. The Balaban J connectivity index is 1.68. The summed E-state index contributed by atoms with van der Waals surface area (Å²) in [5, 5.41) is 11.2. The first-order chi connectivity index (χ1) is 9.78. The Hall–Kier alpha value is -0.410. The lowest BCUT2D eigenvalue weighted by molar-refractivity contribution is -0.115. The molecule has 1 aromatic rings. The number of rotatable bonds is 7. The summed E-state index contributed by atoms with van der Waals surface area (Å²) in [5.41, 5.74) is 0. The molecule has 0 bridgehead atoms. The Morgan fingerprint density at radius 2 is 2.25 bits per heavy atom. The van der Waals surface area contributed by atoms with Crippen LogP contribution in [0, 0.1) is 0 Å². The molecule has 1 aromatic heterocycles. The lowest BCUT2D eigenvalue weighted by Crippen LogP contribution is -2.37. The van der Waals surface area contributed by atoms with Gasteiger partial charge in [-0.1, -0.05) is 23.1 Å². The summed E-state index contributed by atoms with van der Waals surface area (Å²) in [6, 6.07) is 0. The van der Waals surface area contributed by atoms with E-state index in [-0.39, 0.29) is 5.91 Å². The molecule has 0 aliphatic carbocycles. The van der Waals surface area contributed by atoms with Gasteiger partial charge in [0.2, 0.25) is 11.0 Å². The van der Waals surface area contributed by atoms with Crippen LogP contribution in [0.15, 0.2) is 4.34 Å². The molecule has 0 spiro atoms. The van der Waals surface area contributed by atoms with Crippen molar-refractivity contribution in [3.8, 4) is 0 Å². The highest BCUT2D eigenvalue weighted by Gasteiger charge is 2.11. The second-order valence-electron chi connectivity index (χ2n) is 4.16. The second kappa shape index (κ2) is 8.78. The third-order valence-corrected chi connectivity index (χ3v) is 4.85. The van der Waals surface area contributed by atoms with Gasteiger partial charge >= 0.3 is 0 Å². The van der Waals surface area contributed by atoms with E-state index in [2.05, 4.69) is 20.4 Å². The molecule has 1 saturated heterocycles. The van der Waals surface area contributed by atoms with E-state index in [0.717, 1.165) is 42.9 Å². The smallest absolute Gasteiger partial charge is 0.227 e. The molecular weight excluding hydrogens is 320 g/mol. The van der Waals surface area contributed by atoms with Gasteiger partial charge in [-0.05, 0) is 0 Å². The fourth-order valence-electron chi connectivity index (χ4n) is 1.67. The van der Waals surface area contributed by atoms with Crippen molar-refractivity contribution in [2.75, 3.05) is 49.8 Å². The molecule has 1 aliphatic heterocycles. The van der Waals surface area contributed by atoms with Crippen LogP contribution in [0.5, 0.6) is 0 Å². The number of halogens is 1. The number of amides is 1. The van der Waals surface area contributed by atoms with Crippen molar-refractivity contribution >= 4 is 45.7 Å². The molecule has 0 radical (unpaired) electrons. The van der Waals surface area contributed by atoms with Crippen molar-refractivity contribution in [1.29, 1.82) is 0 Å². The summed E-state index contributed by atoms with van der Waals surface area (Å²) < 4.78 is 6.18. The molecule has 0 aromatic carbocycles. The van der Waals surface area contributed by atoms with Gasteiger partial charge in [0, 0.05) is 37.7 Å². The van der Waals surface area contributed by atoms with Gasteiger partial charge in [0.15, 0.2) is 4.34 Å². The number of thioether (sulfide) groups is 1. The number of morpholine rings is 1. The molecule has 9 heteroatoms. The summed E-state index contributed by atoms with van der Waals surface area (Å²) >= 11 is 8.56. The molecule has 20 heavy (non-hydrogen) atoms. The third-order valence-electron chi connectivity index (χ3n) is 2.71. The van der Waals surface area contributed by atoms with Crippen LogP contribution in [0.4, 0.5) is 5.13 Å². The zero-order chi connectivity index (χ0) is 14.2. The minimum absolute atomic E-state index is 0.124. The molecule has 2 heterocycles. The first-order valence-electron chi connectivity index (χ1n) is 6.40. The van der Waals surface area contributed by atoms with Crippen LogP contribution in [0.2, 0.25) is 0 Å². The SMILES string of the molecule is O=C(CCCl)Nc1nnc(SCCN2CCOCC2)s1. The Labute approximate surface area is 131 Å². The number of nitrogens with zero attached hydrogens (tertiary/aromatic N) is 3. The third kappa shape index (κ3) is 5.53. The van der Waals surface area contributed by atoms with Gasteiger partial charge < -0.3 is 10.1 Å². The van der Waals surface area contributed by atoms with Crippen molar-refractivity contribution in [2.24, 2.45) is 0 Å². The Bertz CT molecular complexity index is 426. The zero-order valence-electron chi connectivity index (χ0n) is 11.0. The van der Waals surface area contributed by atoms with Gasteiger partial charge in [-0.2, -0.15) is 0 Å². The van der Waals surface area contributed by atoms with Gasteiger partial charge in [-0.15, -0.1) is 21.8 Å². The van der Waals surface area contributed by atoms with E-state index in [4.69, 9.17) is 16.3 Å². The van der Waals surface area contributed by atoms with Crippen LogP contribution in [0.25, 0.3) is 0 Å². The van der Waals surface area contributed by atoms with Crippen molar-refractivity contribution in [3.05, 3.63) is 0 Å². The molecule has 112 valence electrons. The molecule has 1 N–H and O–H groups in total. The fourth-order valence-corrected chi connectivity index (χ4v) is 3.68. The first kappa shape index (κ1) is 16.0. The number of ether oxygens (including phenoxy) is 1. The van der Waals surface area contributed by atoms with Crippen LogP contribution >= 0.6 is 34.7 Å². The van der Waals surface area contributed by atoms with Gasteiger partial charge in [0.1, 0.15) is 0 Å². The van der Waals surface area contributed by atoms with E-state index in [1.165, 1.54) is 11.3 Å². The number of nitrogens with one attached hydrogen (secondary N) is 1. The Kier molecular flexibility index (Phi) is 7.01. The minimum Gasteiger partial charge on any atom is -0.379 e. The monoisotopic (exact) mass is 336 g/mol. The number of carbonyl (C=O) groups excluding carboxylic acids is 1. The maximum atomic E-state index is 11.4. The topological polar surface area (TPSA) is 67.4 Å². The lowest BCUT2D eigenvalue weighted by atomic mass is 10.4. The van der Waals surface area contributed by atoms with Gasteiger partial charge in [-0.3, -0.25) is 9.69 Å². The van der Waals surface area contributed by atoms with Crippen LogP contribution < -0.4 is 5.32 Å². The molecule has 1 amide bonds. The summed E-state index contributed by atoms with van der Waals surface area (Å²) in [5.74, 6) is 1.15. The standard InChI is InChI=1S/C11H17ClN4O2S2/c12-2-1-9(17)13-10-14-15-11(20-10)19-8-5-16-3-6-18-7-4-16/h1-8H2,(H,13,14,17). The number of carbonyl (C=O) groups is 1. The van der Waals surface area contributed by atoms with Crippen LogP contribution in [0.3, 0.4) is 0 Å². The molecule has 0 saturated carbocycles. The molecule has 1 fully saturated rings. The van der Waals surface area contributed by atoms with Crippen molar-refractivity contribution in [2.45, 2.75) is 10.8 Å². The predicted octanol–water partition coefficient (Wildman–Crippen LogP) is 1.53. The van der Waals surface area contributed by atoms with E-state index in [1.54, 1.807) is 11.8 Å². The molecule has 0 atom stereocenters. The van der Waals surface area contributed by atoms with Gasteiger partial charge in [0.05, 0.1) is 13.2 Å². The summed E-state index contributed by atoms with van der Waals surface area (Å²) in [6.45, 7) is 4.65. The van der Waals surface area contributed by atoms with E-state index in [1.807, 2.05) is 0 Å². The maximum Gasteiger partial charge on any atom is 0.227 e. The fraction of sp³-hybridized carbons (Fsp3) is 0.727. The second-order valence-corrected chi connectivity index (χ2v) is 6.86. The predicted molar refractivity (Wildman–Crippen MR) is 81.9 cm³/mol. The maximum absolute atomic E-state index is 11.4. The largest absolute Gasteiger partial charge is 0.379 e. The highest BCUT2D eigenvalue weighted by molar-refractivity contribution is 8.01. The first-order valence-corrected chi connectivity index (χ1v) is 8.74. The van der Waals surface area contributed by atoms with Crippen molar-refractivity contribution in [3.63, 3.8) is 0 Å². The highest BCUT2D eigenvalue weighted by Crippen LogP contribution is 2.25. The molecule has 6 nitrogen and oxygen atoms in total. The van der Waals surface area contributed by atoms with E-state index in [0.29, 0.717) is 17.4 Å². The summed E-state index contributed by atoms with van der Waals surface area (Å²) in [7, 11) is 0. The highest BCUT2D eigenvalue weighted by atomic mass is 35.5. The van der Waals surface area contributed by atoms with Crippen LogP contribution in [-0.2, 0) is 9.53 Å². The number of aromatic nitrogens is 2. The van der Waals surface area contributed by atoms with Crippen molar-refractivity contribution in [1.82, 2.24) is 15.1 Å². The number of hydrogen-bond donors (Lipinski definition) is 1. The average molecular weight is 337 g/mol. The van der Waals surface area contributed by atoms with Crippen molar-refractivity contribution < 1.29 is 9.53 Å². The Morgan fingerprint density at radius 3 is 3.00 bits per heavy atom. The molecule has 1 aliphatic rings. The van der Waals surface area contributed by atoms with Gasteiger partial charge in [-0.25, -0.2) is 0 Å². The molecule has 2 rings (SSSR count). The summed E-state index contributed by atoms with van der Waals surface area (Å²) in [4.78, 5) is 13.7. The minimum atomic E-state index is -0.124. The van der Waals surface area contributed by atoms with Gasteiger partial charge in [0.25, 0.3) is 0 Å². The number of hydrogen-bond acceptors (Lipinski definition) is 7. The Morgan fingerprint density at radius 1 is 1.45 bits per heavy atom. The normalized spacial score (nSPS) is 16.2. The quantitative estimate of drug-likeness (QED) is 0.463. The lowest BCUT2D eigenvalue weighted by Gasteiger charge is -2.25. The molecule has 0 unspecified atom stereocenters. The van der Waals surface area contributed by atoms with E-state index < -0.39 is 0 Å². The number of anilines is 1.